The van der Waals surface area contributed by atoms with Crippen LogP contribution in [-0.2, 0) is 16.6 Å². The molecule has 2 N–H and O–H groups in total. The number of rotatable bonds is 6. The van der Waals surface area contributed by atoms with Crippen molar-refractivity contribution in [3.05, 3.63) is 54.1 Å². The van der Waals surface area contributed by atoms with E-state index in [-0.39, 0.29) is 4.90 Å². The van der Waals surface area contributed by atoms with E-state index in [1.165, 1.54) is 11.4 Å². The first-order chi connectivity index (χ1) is 13.0. The molecule has 8 heteroatoms. The molecule has 144 valence electrons. The lowest BCUT2D eigenvalue weighted by molar-refractivity contribution is 0.416. The highest BCUT2D eigenvalue weighted by molar-refractivity contribution is 7.89. The molecule has 0 aromatic heterocycles. The van der Waals surface area contributed by atoms with E-state index in [0.717, 1.165) is 18.4 Å². The average Bonchev–Trinajstić information content (AvgIpc) is 3.23. The van der Waals surface area contributed by atoms with Crippen LogP contribution in [0.2, 0.25) is 0 Å². The Morgan fingerprint density at radius 1 is 1.15 bits per heavy atom. The minimum absolute atomic E-state index is 0.235. The third-order valence-electron chi connectivity index (χ3n) is 4.42. The van der Waals surface area contributed by atoms with Gasteiger partial charge in [-0.05, 0) is 48.8 Å². The smallest absolute Gasteiger partial charge is 0.243 e. The van der Waals surface area contributed by atoms with Crippen LogP contribution in [0.4, 0.5) is 5.69 Å². The van der Waals surface area contributed by atoms with Gasteiger partial charge in [-0.1, -0.05) is 30.3 Å². The largest absolute Gasteiger partial charge is 0.495 e. The number of hydrogen-bond donors (Lipinski definition) is 2. The predicted octanol–water partition coefficient (Wildman–Crippen LogP) is 2.97. The van der Waals surface area contributed by atoms with Gasteiger partial charge in [0, 0.05) is 19.6 Å². The number of sulfonamides is 1. The summed E-state index contributed by atoms with van der Waals surface area (Å²) in [4.78, 5) is 0.235. The minimum Gasteiger partial charge on any atom is -0.495 e. The van der Waals surface area contributed by atoms with Crippen molar-refractivity contribution < 1.29 is 13.2 Å². The van der Waals surface area contributed by atoms with Crippen molar-refractivity contribution in [3.8, 4) is 5.75 Å². The molecule has 0 saturated carbocycles. The Morgan fingerprint density at radius 3 is 2.52 bits per heavy atom. The van der Waals surface area contributed by atoms with Crippen LogP contribution in [0.3, 0.4) is 0 Å². The summed E-state index contributed by atoms with van der Waals surface area (Å²) in [6.45, 7) is 1.70. The summed E-state index contributed by atoms with van der Waals surface area (Å²) < 4.78 is 32.4. The van der Waals surface area contributed by atoms with E-state index >= 15 is 0 Å². The van der Waals surface area contributed by atoms with Crippen molar-refractivity contribution in [2.75, 3.05) is 25.5 Å². The quantitative estimate of drug-likeness (QED) is 0.720. The van der Waals surface area contributed by atoms with Gasteiger partial charge in [0.15, 0.2) is 5.11 Å². The fraction of sp³-hybridized carbons (Fsp3) is 0.316. The molecule has 0 spiro atoms. The lowest BCUT2D eigenvalue weighted by atomic mass is 10.2. The topological polar surface area (TPSA) is 70.7 Å². The molecule has 1 aliphatic heterocycles. The van der Waals surface area contributed by atoms with E-state index in [0.29, 0.717) is 36.2 Å². The predicted molar refractivity (Wildman–Crippen MR) is 110 cm³/mol. The maximum atomic E-state index is 12.8. The highest BCUT2D eigenvalue weighted by Gasteiger charge is 2.27. The third-order valence-corrected chi connectivity index (χ3v) is 6.56. The van der Waals surface area contributed by atoms with Crippen LogP contribution in [0.1, 0.15) is 18.4 Å². The number of methoxy groups -OCH3 is 1. The first kappa shape index (κ1) is 19.6. The van der Waals surface area contributed by atoms with E-state index in [1.54, 1.807) is 18.2 Å². The van der Waals surface area contributed by atoms with Gasteiger partial charge in [0.25, 0.3) is 0 Å². The second kappa shape index (κ2) is 8.69. The molecule has 1 heterocycles. The molecule has 2 aromatic carbocycles. The number of anilines is 1. The first-order valence-corrected chi connectivity index (χ1v) is 10.6. The van der Waals surface area contributed by atoms with Crippen LogP contribution in [0.25, 0.3) is 0 Å². The molecule has 0 atom stereocenters. The van der Waals surface area contributed by atoms with Crippen molar-refractivity contribution in [2.45, 2.75) is 24.3 Å². The number of ether oxygens (including phenoxy) is 1. The second-order valence-electron chi connectivity index (χ2n) is 6.27. The molecule has 0 bridgehead atoms. The molecular formula is C19H23N3O3S2. The van der Waals surface area contributed by atoms with Crippen LogP contribution in [0.15, 0.2) is 53.4 Å². The second-order valence-corrected chi connectivity index (χ2v) is 8.61. The number of nitrogens with zero attached hydrogens (tertiary/aromatic N) is 1. The van der Waals surface area contributed by atoms with Gasteiger partial charge in [-0.25, -0.2) is 8.42 Å². The molecule has 1 saturated heterocycles. The fourth-order valence-electron chi connectivity index (χ4n) is 2.97. The summed E-state index contributed by atoms with van der Waals surface area (Å²) in [5.74, 6) is 0.527. The summed E-state index contributed by atoms with van der Waals surface area (Å²) in [5.41, 5.74) is 1.61. The maximum Gasteiger partial charge on any atom is 0.243 e. The van der Waals surface area contributed by atoms with Crippen LogP contribution in [0, 0.1) is 0 Å². The number of benzene rings is 2. The highest BCUT2D eigenvalue weighted by atomic mass is 32.2. The molecule has 27 heavy (non-hydrogen) atoms. The van der Waals surface area contributed by atoms with Gasteiger partial charge >= 0.3 is 0 Å². The Labute approximate surface area is 165 Å². The van der Waals surface area contributed by atoms with E-state index in [1.807, 2.05) is 30.3 Å². The number of hydrogen-bond acceptors (Lipinski definition) is 4. The Bertz CT molecular complexity index is 896. The summed E-state index contributed by atoms with van der Waals surface area (Å²) in [7, 11) is -1.97. The molecule has 1 aliphatic rings. The lowest BCUT2D eigenvalue weighted by Crippen LogP contribution is -2.29. The van der Waals surface area contributed by atoms with E-state index in [2.05, 4.69) is 10.6 Å². The Balaban J connectivity index is 1.74. The normalized spacial score (nSPS) is 14.7. The molecule has 2 aromatic rings. The molecule has 6 nitrogen and oxygen atoms in total. The average molecular weight is 406 g/mol. The van der Waals surface area contributed by atoms with E-state index in [9.17, 15) is 8.42 Å². The molecule has 0 unspecified atom stereocenters. The lowest BCUT2D eigenvalue weighted by Gasteiger charge is -2.18. The maximum absolute atomic E-state index is 12.8. The SMILES string of the molecule is COc1ccc(S(=O)(=O)N2CCCC2)cc1NC(=S)NCc1ccccc1. The monoisotopic (exact) mass is 405 g/mol. The first-order valence-electron chi connectivity index (χ1n) is 8.77. The Kier molecular flexibility index (Phi) is 6.30. The standard InChI is InChI=1S/C19H23N3O3S2/c1-25-18-10-9-16(27(23,24)22-11-5-6-12-22)13-17(18)21-19(26)20-14-15-7-3-2-4-8-15/h2-4,7-10,13H,5-6,11-12,14H2,1H3,(H2,20,21,26). The van der Waals surface area contributed by atoms with Crippen molar-refractivity contribution in [1.82, 2.24) is 9.62 Å². The Hall–Kier alpha value is -2.16. The van der Waals surface area contributed by atoms with Gasteiger partial charge in [0.1, 0.15) is 5.75 Å². The zero-order valence-electron chi connectivity index (χ0n) is 15.1. The van der Waals surface area contributed by atoms with Gasteiger partial charge in [-0.15, -0.1) is 0 Å². The van der Waals surface area contributed by atoms with Crippen molar-refractivity contribution in [1.29, 1.82) is 0 Å². The van der Waals surface area contributed by atoms with Gasteiger partial charge in [0.05, 0.1) is 17.7 Å². The van der Waals surface area contributed by atoms with Gasteiger partial charge in [-0.3, -0.25) is 0 Å². The van der Waals surface area contributed by atoms with Crippen molar-refractivity contribution in [2.24, 2.45) is 0 Å². The zero-order chi connectivity index (χ0) is 19.3. The molecule has 1 fully saturated rings. The van der Waals surface area contributed by atoms with E-state index in [4.69, 9.17) is 17.0 Å². The van der Waals surface area contributed by atoms with E-state index < -0.39 is 10.0 Å². The van der Waals surface area contributed by atoms with Crippen molar-refractivity contribution >= 4 is 33.0 Å². The van der Waals surface area contributed by atoms with Gasteiger partial charge < -0.3 is 15.4 Å². The van der Waals surface area contributed by atoms with Crippen LogP contribution < -0.4 is 15.4 Å². The molecule has 0 aliphatic carbocycles. The fourth-order valence-corrected chi connectivity index (χ4v) is 4.69. The van der Waals surface area contributed by atoms with Crippen LogP contribution >= 0.6 is 12.2 Å². The summed E-state index contributed by atoms with van der Waals surface area (Å²) in [5, 5.41) is 6.56. The minimum atomic E-state index is -3.50. The summed E-state index contributed by atoms with van der Waals surface area (Å²) in [6, 6.07) is 14.7. The molecule has 0 amide bonds. The number of thiocarbonyl (C=S) groups is 1. The highest BCUT2D eigenvalue weighted by Crippen LogP contribution is 2.30. The summed E-state index contributed by atoms with van der Waals surface area (Å²) in [6.07, 6.45) is 1.79. The molecule has 0 radical (unpaired) electrons. The number of nitrogens with one attached hydrogen (secondary N) is 2. The Morgan fingerprint density at radius 2 is 1.85 bits per heavy atom. The molecule has 3 rings (SSSR count). The van der Waals surface area contributed by atoms with Gasteiger partial charge in [0.2, 0.25) is 10.0 Å². The van der Waals surface area contributed by atoms with Crippen molar-refractivity contribution in [3.63, 3.8) is 0 Å². The molecular weight excluding hydrogens is 382 g/mol. The summed E-state index contributed by atoms with van der Waals surface area (Å²) >= 11 is 5.35. The van der Waals surface area contributed by atoms with Crippen LogP contribution in [-0.4, -0.2) is 38.0 Å². The zero-order valence-corrected chi connectivity index (χ0v) is 16.8. The van der Waals surface area contributed by atoms with Crippen LogP contribution in [0.5, 0.6) is 5.75 Å². The third kappa shape index (κ3) is 4.77. The van der Waals surface area contributed by atoms with Gasteiger partial charge in [-0.2, -0.15) is 4.31 Å².